The van der Waals surface area contributed by atoms with Gasteiger partial charge in [-0.1, -0.05) is 38.1 Å². The average molecular weight is 289 g/mol. The van der Waals surface area contributed by atoms with Crippen molar-refractivity contribution in [3.05, 3.63) is 35.4 Å². The predicted molar refractivity (Wildman–Crippen MR) is 85.4 cm³/mol. The summed E-state index contributed by atoms with van der Waals surface area (Å²) in [5, 5.41) is 3.27. The topological polar surface area (TPSA) is 38.3 Å². The van der Waals surface area contributed by atoms with Gasteiger partial charge in [-0.15, -0.1) is 0 Å². The van der Waals surface area contributed by atoms with Gasteiger partial charge in [-0.3, -0.25) is 4.79 Å². The van der Waals surface area contributed by atoms with Gasteiger partial charge >= 0.3 is 5.97 Å². The Morgan fingerprint density at radius 3 is 2.57 bits per heavy atom. The third-order valence-corrected chi connectivity index (χ3v) is 4.01. The fraction of sp³-hybridized carbons (Fsp3) is 0.611. The number of esters is 1. The van der Waals surface area contributed by atoms with Crippen LogP contribution in [-0.4, -0.2) is 25.2 Å². The lowest BCUT2D eigenvalue weighted by Crippen LogP contribution is -2.37. The Morgan fingerprint density at radius 1 is 1.29 bits per heavy atom. The molecule has 0 radical (unpaired) electrons. The molecule has 3 nitrogen and oxygen atoms in total. The summed E-state index contributed by atoms with van der Waals surface area (Å²) in [6.45, 7) is 8.17. The van der Waals surface area contributed by atoms with Crippen molar-refractivity contribution in [2.45, 2.75) is 52.1 Å². The van der Waals surface area contributed by atoms with Gasteiger partial charge in [0, 0.05) is 6.54 Å². The maximum Gasteiger partial charge on any atom is 0.313 e. The van der Waals surface area contributed by atoms with Crippen LogP contribution in [0.15, 0.2) is 24.3 Å². The van der Waals surface area contributed by atoms with Crippen molar-refractivity contribution in [2.75, 3.05) is 13.1 Å². The van der Waals surface area contributed by atoms with Crippen LogP contribution < -0.4 is 5.32 Å². The van der Waals surface area contributed by atoms with Gasteiger partial charge in [-0.2, -0.15) is 0 Å². The van der Waals surface area contributed by atoms with Gasteiger partial charge in [0.1, 0.15) is 6.10 Å². The molecule has 0 saturated carbocycles. The number of rotatable bonds is 5. The quantitative estimate of drug-likeness (QED) is 0.845. The van der Waals surface area contributed by atoms with E-state index >= 15 is 0 Å². The van der Waals surface area contributed by atoms with Crippen LogP contribution in [0.4, 0.5) is 0 Å². The van der Waals surface area contributed by atoms with Crippen molar-refractivity contribution >= 4 is 5.97 Å². The monoisotopic (exact) mass is 289 g/mol. The molecule has 1 aliphatic heterocycles. The Bertz CT molecular complexity index is 447. The van der Waals surface area contributed by atoms with E-state index in [1.165, 1.54) is 5.56 Å². The third kappa shape index (κ3) is 4.85. The lowest BCUT2D eigenvalue weighted by molar-refractivity contribution is -0.151. The zero-order valence-corrected chi connectivity index (χ0v) is 13.4. The van der Waals surface area contributed by atoms with Gasteiger partial charge in [0.05, 0.1) is 5.92 Å². The lowest BCUT2D eigenvalue weighted by atomic mass is 9.97. The molecule has 1 saturated heterocycles. The summed E-state index contributed by atoms with van der Waals surface area (Å²) in [7, 11) is 0. The smallest absolute Gasteiger partial charge is 0.313 e. The fourth-order valence-electron chi connectivity index (χ4n) is 2.74. The number of ether oxygens (including phenoxy) is 1. The first-order valence-corrected chi connectivity index (χ1v) is 8.06. The van der Waals surface area contributed by atoms with E-state index in [-0.39, 0.29) is 18.0 Å². The summed E-state index contributed by atoms with van der Waals surface area (Å²) < 4.78 is 5.60. The number of nitrogens with one attached hydrogen (secondary N) is 1. The summed E-state index contributed by atoms with van der Waals surface area (Å²) in [5.41, 5.74) is 2.36. The van der Waals surface area contributed by atoms with E-state index in [4.69, 9.17) is 4.74 Å². The van der Waals surface area contributed by atoms with E-state index in [0.29, 0.717) is 5.92 Å². The van der Waals surface area contributed by atoms with Crippen molar-refractivity contribution in [2.24, 2.45) is 5.92 Å². The second kappa shape index (κ2) is 7.60. The Kier molecular flexibility index (Phi) is 5.80. The number of carbonyl (C=O) groups is 1. The zero-order chi connectivity index (χ0) is 15.2. The zero-order valence-electron chi connectivity index (χ0n) is 13.4. The van der Waals surface area contributed by atoms with Crippen molar-refractivity contribution < 1.29 is 9.53 Å². The summed E-state index contributed by atoms with van der Waals surface area (Å²) in [4.78, 5) is 12.2. The van der Waals surface area contributed by atoms with Gasteiger partial charge in [-0.25, -0.2) is 0 Å². The average Bonchev–Trinajstić information content (AvgIpc) is 2.47. The number of benzene rings is 1. The minimum atomic E-state index is -0.194. The van der Waals surface area contributed by atoms with E-state index in [1.54, 1.807) is 0 Å². The molecule has 0 amide bonds. The molecule has 2 rings (SSSR count). The number of carbonyl (C=O) groups excluding carboxylic acids is 1. The Morgan fingerprint density at radius 2 is 2.00 bits per heavy atom. The fourth-order valence-corrected chi connectivity index (χ4v) is 2.74. The van der Waals surface area contributed by atoms with Crippen molar-refractivity contribution in [1.29, 1.82) is 0 Å². The molecule has 0 spiro atoms. The molecule has 3 heteroatoms. The van der Waals surface area contributed by atoms with Crippen molar-refractivity contribution in [3.8, 4) is 0 Å². The lowest BCUT2D eigenvalue weighted by Gasteiger charge is -2.24. The molecular weight excluding hydrogens is 262 g/mol. The molecule has 2 unspecified atom stereocenters. The van der Waals surface area contributed by atoms with E-state index in [0.717, 1.165) is 37.9 Å². The molecule has 116 valence electrons. The van der Waals surface area contributed by atoms with Crippen LogP contribution in [-0.2, 0) is 16.0 Å². The van der Waals surface area contributed by atoms with Crippen LogP contribution in [0.25, 0.3) is 0 Å². The predicted octanol–water partition coefficient (Wildman–Crippen LogP) is 3.28. The second-order valence-corrected chi connectivity index (χ2v) is 6.47. The molecule has 1 N–H and O–H groups in total. The largest absolute Gasteiger partial charge is 0.461 e. The van der Waals surface area contributed by atoms with Gasteiger partial charge in [-0.05, 0) is 49.8 Å². The van der Waals surface area contributed by atoms with Crippen LogP contribution in [0, 0.1) is 5.92 Å². The first kappa shape index (κ1) is 16.0. The van der Waals surface area contributed by atoms with Crippen LogP contribution in [0.3, 0.4) is 0 Å². The third-order valence-electron chi connectivity index (χ3n) is 4.01. The highest BCUT2D eigenvalue weighted by molar-refractivity contribution is 5.77. The van der Waals surface area contributed by atoms with Crippen LogP contribution in [0.1, 0.15) is 50.7 Å². The van der Waals surface area contributed by atoms with Gasteiger partial charge in [0.25, 0.3) is 0 Å². The van der Waals surface area contributed by atoms with E-state index in [9.17, 15) is 4.79 Å². The first-order valence-electron chi connectivity index (χ1n) is 8.06. The Hall–Kier alpha value is -1.35. The number of hydrogen-bond acceptors (Lipinski definition) is 3. The van der Waals surface area contributed by atoms with Gasteiger partial charge < -0.3 is 10.1 Å². The van der Waals surface area contributed by atoms with E-state index < -0.39 is 0 Å². The van der Waals surface area contributed by atoms with Crippen molar-refractivity contribution in [1.82, 2.24) is 5.32 Å². The van der Waals surface area contributed by atoms with Gasteiger partial charge in [0.2, 0.25) is 0 Å². The highest BCUT2D eigenvalue weighted by Gasteiger charge is 2.22. The molecule has 0 bridgehead atoms. The highest BCUT2D eigenvalue weighted by atomic mass is 16.5. The molecule has 1 aliphatic rings. The van der Waals surface area contributed by atoms with Crippen molar-refractivity contribution in [3.63, 3.8) is 0 Å². The SMILES string of the molecule is CC(C)Cc1ccc(C(C)C(=O)OC2CCCNC2)cc1. The first-order chi connectivity index (χ1) is 10.1. The summed E-state index contributed by atoms with van der Waals surface area (Å²) >= 11 is 0. The van der Waals surface area contributed by atoms with E-state index in [2.05, 4.69) is 43.4 Å². The molecular formula is C18H27NO2. The molecule has 1 heterocycles. The molecule has 0 aromatic heterocycles. The minimum absolute atomic E-state index is 0.0360. The Labute approximate surface area is 128 Å². The van der Waals surface area contributed by atoms with E-state index in [1.807, 2.05) is 6.92 Å². The Balaban J connectivity index is 1.91. The maximum atomic E-state index is 12.2. The second-order valence-electron chi connectivity index (χ2n) is 6.47. The molecule has 0 aliphatic carbocycles. The van der Waals surface area contributed by atoms with Crippen LogP contribution >= 0.6 is 0 Å². The molecule has 1 aromatic carbocycles. The molecule has 2 atom stereocenters. The van der Waals surface area contributed by atoms with Crippen LogP contribution in [0.5, 0.6) is 0 Å². The molecule has 21 heavy (non-hydrogen) atoms. The van der Waals surface area contributed by atoms with Gasteiger partial charge in [0.15, 0.2) is 0 Å². The normalized spacial score (nSPS) is 20.3. The van der Waals surface area contributed by atoms with Crippen LogP contribution in [0.2, 0.25) is 0 Å². The standard InChI is InChI=1S/C18H27NO2/c1-13(2)11-15-6-8-16(9-7-15)14(3)18(20)21-17-5-4-10-19-12-17/h6-9,13-14,17,19H,4-5,10-12H2,1-3H3. The molecule has 1 aromatic rings. The summed E-state index contributed by atoms with van der Waals surface area (Å²) in [6, 6.07) is 8.37. The highest BCUT2D eigenvalue weighted by Crippen LogP contribution is 2.20. The maximum absolute atomic E-state index is 12.2. The number of hydrogen-bond donors (Lipinski definition) is 1. The number of piperidine rings is 1. The minimum Gasteiger partial charge on any atom is -0.461 e. The summed E-state index contributed by atoms with van der Waals surface area (Å²) in [5.74, 6) is 0.345. The summed E-state index contributed by atoms with van der Waals surface area (Å²) in [6.07, 6.45) is 3.16. The molecule has 1 fully saturated rings.